The van der Waals surface area contributed by atoms with Gasteiger partial charge in [-0.05, 0) is 43.7 Å². The summed E-state index contributed by atoms with van der Waals surface area (Å²) in [5, 5.41) is 0. The third kappa shape index (κ3) is 5.21. The van der Waals surface area contributed by atoms with Crippen LogP contribution in [0.4, 0.5) is 0 Å². The molecule has 3 heteroatoms. The SMILES string of the molecule is CC(=O)N(C(C#Cc1ccccc1)=NC1CCCCC1)C1CCCCC1. The first-order valence-corrected chi connectivity index (χ1v) is 10.2. The summed E-state index contributed by atoms with van der Waals surface area (Å²) in [5.74, 6) is 7.27. The fraction of sp³-hybridized carbons (Fsp3) is 0.565. The van der Waals surface area contributed by atoms with Gasteiger partial charge in [0.1, 0.15) is 0 Å². The van der Waals surface area contributed by atoms with Gasteiger partial charge in [0, 0.05) is 18.5 Å². The number of hydrogen-bond donors (Lipinski definition) is 0. The summed E-state index contributed by atoms with van der Waals surface area (Å²) in [6, 6.07) is 10.6. The van der Waals surface area contributed by atoms with E-state index in [-0.39, 0.29) is 11.9 Å². The van der Waals surface area contributed by atoms with Crippen LogP contribution in [0.5, 0.6) is 0 Å². The molecule has 2 fully saturated rings. The van der Waals surface area contributed by atoms with Crippen molar-refractivity contribution >= 4 is 11.7 Å². The molecule has 0 radical (unpaired) electrons. The molecule has 3 rings (SSSR count). The molecule has 26 heavy (non-hydrogen) atoms. The Kier molecular flexibility index (Phi) is 6.89. The summed E-state index contributed by atoms with van der Waals surface area (Å²) in [6.45, 7) is 1.66. The van der Waals surface area contributed by atoms with Crippen molar-refractivity contribution in [3.63, 3.8) is 0 Å². The Morgan fingerprint density at radius 1 is 0.962 bits per heavy atom. The molecule has 2 aliphatic rings. The second kappa shape index (κ2) is 9.57. The Hall–Kier alpha value is -2.08. The minimum atomic E-state index is 0.0776. The molecule has 138 valence electrons. The molecule has 2 aliphatic carbocycles. The van der Waals surface area contributed by atoms with Gasteiger partial charge in [0.25, 0.3) is 0 Å². The van der Waals surface area contributed by atoms with Crippen molar-refractivity contribution in [1.82, 2.24) is 4.90 Å². The zero-order valence-corrected chi connectivity index (χ0v) is 15.9. The van der Waals surface area contributed by atoms with E-state index in [0.717, 1.165) is 31.2 Å². The number of amides is 1. The number of benzene rings is 1. The Labute approximate surface area is 157 Å². The third-order valence-electron chi connectivity index (χ3n) is 5.48. The lowest BCUT2D eigenvalue weighted by molar-refractivity contribution is -0.127. The maximum absolute atomic E-state index is 12.5. The smallest absolute Gasteiger partial charge is 0.225 e. The van der Waals surface area contributed by atoms with Crippen LogP contribution in [0, 0.1) is 11.8 Å². The summed E-state index contributed by atoms with van der Waals surface area (Å²) >= 11 is 0. The lowest BCUT2D eigenvalue weighted by Gasteiger charge is -2.33. The number of carbonyl (C=O) groups excluding carboxylic acids is 1. The maximum Gasteiger partial charge on any atom is 0.225 e. The Morgan fingerprint density at radius 2 is 1.58 bits per heavy atom. The second-order valence-corrected chi connectivity index (χ2v) is 7.54. The van der Waals surface area contributed by atoms with E-state index in [1.807, 2.05) is 35.2 Å². The standard InChI is InChI=1S/C23H30N2O/c1-19(26)25(22-15-9-4-10-16-22)23(24-21-13-7-3-8-14-21)18-17-20-11-5-2-6-12-20/h2,5-6,11-12,21-22H,3-4,7-10,13-16H2,1H3. The number of aliphatic imine (C=N–C) groups is 1. The van der Waals surface area contributed by atoms with Crippen molar-refractivity contribution in [1.29, 1.82) is 0 Å². The van der Waals surface area contributed by atoms with Gasteiger partial charge in [-0.1, -0.05) is 62.6 Å². The average molecular weight is 351 g/mol. The van der Waals surface area contributed by atoms with Crippen molar-refractivity contribution in [3.05, 3.63) is 35.9 Å². The van der Waals surface area contributed by atoms with E-state index in [1.165, 1.54) is 38.5 Å². The van der Waals surface area contributed by atoms with Crippen molar-refractivity contribution in [3.8, 4) is 11.8 Å². The number of nitrogens with zero attached hydrogens (tertiary/aromatic N) is 2. The molecular weight excluding hydrogens is 320 g/mol. The third-order valence-corrected chi connectivity index (χ3v) is 5.48. The lowest BCUT2D eigenvalue weighted by Crippen LogP contribution is -2.44. The van der Waals surface area contributed by atoms with E-state index in [0.29, 0.717) is 11.9 Å². The van der Waals surface area contributed by atoms with Crippen LogP contribution in [0.2, 0.25) is 0 Å². The summed E-state index contributed by atoms with van der Waals surface area (Å²) in [7, 11) is 0. The van der Waals surface area contributed by atoms with Crippen LogP contribution in [0.25, 0.3) is 0 Å². The topological polar surface area (TPSA) is 32.7 Å². The average Bonchev–Trinajstić information content (AvgIpc) is 2.68. The van der Waals surface area contributed by atoms with Crippen LogP contribution in [-0.4, -0.2) is 28.7 Å². The Bertz CT molecular complexity index is 671. The van der Waals surface area contributed by atoms with Crippen LogP contribution in [-0.2, 0) is 4.79 Å². The highest BCUT2D eigenvalue weighted by atomic mass is 16.2. The van der Waals surface area contributed by atoms with E-state index in [2.05, 4.69) is 11.8 Å². The maximum atomic E-state index is 12.5. The van der Waals surface area contributed by atoms with Gasteiger partial charge in [0.05, 0.1) is 6.04 Å². The minimum Gasteiger partial charge on any atom is -0.287 e. The zero-order valence-electron chi connectivity index (χ0n) is 15.9. The largest absolute Gasteiger partial charge is 0.287 e. The van der Waals surface area contributed by atoms with Crippen molar-refractivity contribution in [2.24, 2.45) is 4.99 Å². The van der Waals surface area contributed by atoms with E-state index in [1.54, 1.807) is 6.92 Å². The van der Waals surface area contributed by atoms with Gasteiger partial charge in [-0.3, -0.25) is 14.7 Å². The zero-order chi connectivity index (χ0) is 18.2. The summed E-state index contributed by atoms with van der Waals surface area (Å²) in [5.41, 5.74) is 0.969. The molecule has 3 nitrogen and oxygen atoms in total. The summed E-state index contributed by atoms with van der Waals surface area (Å²) in [6.07, 6.45) is 11.8. The molecule has 0 N–H and O–H groups in total. The number of carbonyl (C=O) groups is 1. The number of hydrogen-bond acceptors (Lipinski definition) is 2. The normalized spacial score (nSPS) is 19.5. The molecule has 1 aromatic rings. The van der Waals surface area contributed by atoms with Gasteiger partial charge in [-0.15, -0.1) is 0 Å². The van der Waals surface area contributed by atoms with Crippen molar-refractivity contribution < 1.29 is 4.79 Å². The van der Waals surface area contributed by atoms with Gasteiger partial charge in [0.15, 0.2) is 5.84 Å². The van der Waals surface area contributed by atoms with Gasteiger partial charge < -0.3 is 0 Å². The van der Waals surface area contributed by atoms with E-state index < -0.39 is 0 Å². The minimum absolute atomic E-state index is 0.0776. The molecule has 0 spiro atoms. The first kappa shape index (κ1) is 18.7. The fourth-order valence-corrected chi connectivity index (χ4v) is 4.11. The monoisotopic (exact) mass is 350 g/mol. The van der Waals surface area contributed by atoms with E-state index >= 15 is 0 Å². The van der Waals surface area contributed by atoms with Crippen molar-refractivity contribution in [2.75, 3.05) is 0 Å². The van der Waals surface area contributed by atoms with Gasteiger partial charge >= 0.3 is 0 Å². The molecule has 1 amide bonds. The highest BCUT2D eigenvalue weighted by Crippen LogP contribution is 2.25. The van der Waals surface area contributed by atoms with Gasteiger partial charge in [-0.2, -0.15) is 0 Å². The highest BCUT2D eigenvalue weighted by Gasteiger charge is 2.27. The summed E-state index contributed by atoms with van der Waals surface area (Å²) in [4.78, 5) is 19.4. The molecule has 0 unspecified atom stereocenters. The molecule has 0 bridgehead atoms. The van der Waals surface area contributed by atoms with Crippen molar-refractivity contribution in [2.45, 2.75) is 83.2 Å². The van der Waals surface area contributed by atoms with Gasteiger partial charge in [-0.25, -0.2) is 0 Å². The summed E-state index contributed by atoms with van der Waals surface area (Å²) < 4.78 is 0. The van der Waals surface area contributed by atoms with Gasteiger partial charge in [0.2, 0.25) is 5.91 Å². The highest BCUT2D eigenvalue weighted by molar-refractivity contribution is 6.08. The molecule has 0 aliphatic heterocycles. The Balaban J connectivity index is 1.90. The molecule has 2 saturated carbocycles. The van der Waals surface area contributed by atoms with Crippen LogP contribution in [0.15, 0.2) is 35.3 Å². The van der Waals surface area contributed by atoms with E-state index in [9.17, 15) is 4.79 Å². The van der Waals surface area contributed by atoms with Crippen LogP contribution >= 0.6 is 0 Å². The molecule has 0 aromatic heterocycles. The first-order valence-electron chi connectivity index (χ1n) is 10.2. The van der Waals surface area contributed by atoms with Crippen LogP contribution < -0.4 is 0 Å². The first-order chi connectivity index (χ1) is 12.7. The molecule has 0 saturated heterocycles. The molecular formula is C23H30N2O. The second-order valence-electron chi connectivity index (χ2n) is 7.54. The fourth-order valence-electron chi connectivity index (χ4n) is 4.11. The number of rotatable bonds is 2. The predicted octanol–water partition coefficient (Wildman–Crippen LogP) is 4.95. The Morgan fingerprint density at radius 3 is 2.19 bits per heavy atom. The van der Waals surface area contributed by atoms with E-state index in [4.69, 9.17) is 4.99 Å². The predicted molar refractivity (Wildman–Crippen MR) is 107 cm³/mol. The lowest BCUT2D eigenvalue weighted by atomic mass is 9.93. The molecule has 1 aromatic carbocycles. The van der Waals surface area contributed by atoms with Crippen LogP contribution in [0.3, 0.4) is 0 Å². The molecule has 0 atom stereocenters. The van der Waals surface area contributed by atoms with Crippen LogP contribution in [0.1, 0.15) is 76.7 Å². The quantitative estimate of drug-likeness (QED) is 0.422. The number of amidine groups is 1. The molecule has 0 heterocycles.